The molecule has 2 aromatic heterocycles. The normalized spacial score (nSPS) is 17.0. The Morgan fingerprint density at radius 2 is 2.15 bits per heavy atom. The average molecular weight is 408 g/mol. The number of nitrogens with one attached hydrogen (secondary N) is 1. The summed E-state index contributed by atoms with van der Waals surface area (Å²) in [6.07, 6.45) is 7.58. The lowest BCUT2D eigenvalue weighted by molar-refractivity contribution is -0.134. The van der Waals surface area contributed by atoms with Crippen molar-refractivity contribution >= 4 is 29.7 Å². The quantitative estimate of drug-likeness (QED) is 0.741. The van der Waals surface area contributed by atoms with Crippen molar-refractivity contribution < 1.29 is 4.79 Å². The van der Waals surface area contributed by atoms with Crippen LogP contribution < -0.4 is 5.32 Å². The molecule has 0 aromatic carbocycles. The number of carbonyl (C=O) groups is 1. The van der Waals surface area contributed by atoms with Crippen molar-refractivity contribution in [2.75, 3.05) is 13.1 Å². The third-order valence-electron chi connectivity index (χ3n) is 4.97. The van der Waals surface area contributed by atoms with Crippen molar-refractivity contribution in [1.82, 2.24) is 15.2 Å². The van der Waals surface area contributed by atoms with E-state index in [-0.39, 0.29) is 18.3 Å². The zero-order chi connectivity index (χ0) is 18.2. The number of aryl methyl sites for hydroxylation is 2. The molecule has 0 spiro atoms. The van der Waals surface area contributed by atoms with Crippen LogP contribution in [0, 0.1) is 6.92 Å². The Labute approximate surface area is 172 Å². The molecule has 1 aliphatic rings. The van der Waals surface area contributed by atoms with Gasteiger partial charge in [0.2, 0.25) is 5.91 Å². The molecule has 1 aliphatic heterocycles. The van der Waals surface area contributed by atoms with Crippen LogP contribution in [0.3, 0.4) is 0 Å². The summed E-state index contributed by atoms with van der Waals surface area (Å²) in [4.78, 5) is 22.3. The fourth-order valence-electron chi connectivity index (χ4n) is 3.58. The molecule has 1 N–H and O–H groups in total. The summed E-state index contributed by atoms with van der Waals surface area (Å²) in [5, 5.41) is 3.45. The summed E-state index contributed by atoms with van der Waals surface area (Å²) in [5.74, 6) is 0.274. The van der Waals surface area contributed by atoms with Crippen LogP contribution in [0.5, 0.6) is 0 Å². The number of nitrogens with zero attached hydrogens (tertiary/aromatic N) is 2. The molecule has 1 saturated heterocycles. The van der Waals surface area contributed by atoms with Crippen LogP contribution in [-0.2, 0) is 17.8 Å². The van der Waals surface area contributed by atoms with Crippen LogP contribution >= 0.6 is 23.7 Å². The first-order valence-corrected chi connectivity index (χ1v) is 10.5. The Kier molecular flexibility index (Phi) is 9.25. The number of halogens is 1. The van der Waals surface area contributed by atoms with E-state index >= 15 is 0 Å². The highest BCUT2D eigenvalue weighted by atomic mass is 35.5. The van der Waals surface area contributed by atoms with E-state index in [1.165, 1.54) is 9.75 Å². The number of thiophene rings is 1. The van der Waals surface area contributed by atoms with Crippen LogP contribution in [0.4, 0.5) is 0 Å². The SMILES string of the molecule is Cc1ccc(CCCC(=O)N(Cc2ccccn2)C2CCCNCC2)s1.Cl. The molecular formula is C21H30ClN3OS. The Morgan fingerprint density at radius 3 is 2.89 bits per heavy atom. The topological polar surface area (TPSA) is 45.2 Å². The molecule has 0 saturated carbocycles. The van der Waals surface area contributed by atoms with Gasteiger partial charge in [0, 0.05) is 28.4 Å². The van der Waals surface area contributed by atoms with Crippen LogP contribution in [0.25, 0.3) is 0 Å². The second kappa shape index (κ2) is 11.4. The molecule has 0 bridgehead atoms. The minimum absolute atomic E-state index is 0. The summed E-state index contributed by atoms with van der Waals surface area (Å²) >= 11 is 1.84. The molecule has 148 valence electrons. The molecule has 6 heteroatoms. The standard InChI is InChI=1S/C21H29N3OS.ClH/c1-17-10-11-20(26-17)8-4-9-21(25)24(16-18-6-2-3-14-23-18)19-7-5-13-22-15-12-19;/h2-3,6,10-11,14,19,22H,4-5,7-9,12-13,15-16H2,1H3;1H. The molecule has 4 nitrogen and oxygen atoms in total. The van der Waals surface area contributed by atoms with Gasteiger partial charge >= 0.3 is 0 Å². The minimum atomic E-state index is 0. The van der Waals surface area contributed by atoms with Gasteiger partial charge in [-0.15, -0.1) is 23.7 Å². The zero-order valence-corrected chi connectivity index (χ0v) is 17.7. The summed E-state index contributed by atoms with van der Waals surface area (Å²) in [6.45, 7) is 4.81. The third-order valence-corrected chi connectivity index (χ3v) is 6.04. The van der Waals surface area contributed by atoms with Gasteiger partial charge in [0.1, 0.15) is 0 Å². The monoisotopic (exact) mass is 407 g/mol. The van der Waals surface area contributed by atoms with Gasteiger partial charge in [0.05, 0.1) is 12.2 Å². The molecule has 3 rings (SSSR count). The number of rotatable bonds is 7. The molecule has 3 heterocycles. The van der Waals surface area contributed by atoms with E-state index in [1.54, 1.807) is 0 Å². The van der Waals surface area contributed by atoms with E-state index in [0.29, 0.717) is 19.0 Å². The van der Waals surface area contributed by atoms with Crippen molar-refractivity contribution in [2.24, 2.45) is 0 Å². The Hall–Kier alpha value is -1.43. The maximum atomic E-state index is 13.0. The van der Waals surface area contributed by atoms with Gasteiger partial charge in [-0.3, -0.25) is 9.78 Å². The van der Waals surface area contributed by atoms with Gasteiger partial charge in [-0.2, -0.15) is 0 Å². The molecule has 1 fully saturated rings. The molecule has 0 aliphatic carbocycles. The molecule has 0 radical (unpaired) electrons. The molecule has 1 atom stereocenters. The van der Waals surface area contributed by atoms with Crippen LogP contribution in [0.2, 0.25) is 0 Å². The van der Waals surface area contributed by atoms with E-state index < -0.39 is 0 Å². The first kappa shape index (κ1) is 21.9. The number of carbonyl (C=O) groups excluding carboxylic acids is 1. The van der Waals surface area contributed by atoms with Gasteiger partial charge in [-0.25, -0.2) is 0 Å². The maximum Gasteiger partial charge on any atom is 0.223 e. The number of aromatic nitrogens is 1. The Bertz CT molecular complexity index is 684. The second-order valence-corrected chi connectivity index (χ2v) is 8.42. The highest BCUT2D eigenvalue weighted by molar-refractivity contribution is 7.11. The summed E-state index contributed by atoms with van der Waals surface area (Å²) in [7, 11) is 0. The van der Waals surface area contributed by atoms with Crippen LogP contribution in [-0.4, -0.2) is 34.9 Å². The van der Waals surface area contributed by atoms with Crippen molar-refractivity contribution in [3.8, 4) is 0 Å². The average Bonchev–Trinajstić information content (AvgIpc) is 2.90. The highest BCUT2D eigenvalue weighted by Crippen LogP contribution is 2.20. The minimum Gasteiger partial charge on any atom is -0.334 e. The van der Waals surface area contributed by atoms with Gasteiger partial charge < -0.3 is 10.2 Å². The van der Waals surface area contributed by atoms with E-state index in [0.717, 1.165) is 50.9 Å². The summed E-state index contributed by atoms with van der Waals surface area (Å²) < 4.78 is 0. The summed E-state index contributed by atoms with van der Waals surface area (Å²) in [5.41, 5.74) is 0.979. The second-order valence-electron chi connectivity index (χ2n) is 7.04. The van der Waals surface area contributed by atoms with E-state index in [4.69, 9.17) is 0 Å². The molecule has 1 amide bonds. The van der Waals surface area contributed by atoms with E-state index in [1.807, 2.05) is 35.7 Å². The number of hydrogen-bond donors (Lipinski definition) is 1. The van der Waals surface area contributed by atoms with Crippen molar-refractivity contribution in [2.45, 2.75) is 58.0 Å². The maximum absolute atomic E-state index is 13.0. The molecule has 1 unspecified atom stereocenters. The highest BCUT2D eigenvalue weighted by Gasteiger charge is 2.24. The predicted molar refractivity (Wildman–Crippen MR) is 115 cm³/mol. The smallest absolute Gasteiger partial charge is 0.223 e. The first-order valence-electron chi connectivity index (χ1n) is 9.68. The van der Waals surface area contributed by atoms with Crippen molar-refractivity contribution in [3.05, 3.63) is 52.0 Å². The van der Waals surface area contributed by atoms with Gasteiger partial charge in [-0.05, 0) is 76.4 Å². The van der Waals surface area contributed by atoms with E-state index in [2.05, 4.69) is 34.3 Å². The molecular weight excluding hydrogens is 378 g/mol. The Morgan fingerprint density at radius 1 is 1.26 bits per heavy atom. The number of amides is 1. The largest absolute Gasteiger partial charge is 0.334 e. The zero-order valence-electron chi connectivity index (χ0n) is 16.0. The lowest BCUT2D eigenvalue weighted by Crippen LogP contribution is -2.40. The molecule has 27 heavy (non-hydrogen) atoms. The fraction of sp³-hybridized carbons (Fsp3) is 0.524. The van der Waals surface area contributed by atoms with Gasteiger partial charge in [0.15, 0.2) is 0 Å². The number of pyridine rings is 1. The fourth-order valence-corrected chi connectivity index (χ4v) is 4.51. The predicted octanol–water partition coefficient (Wildman–Crippen LogP) is 4.37. The van der Waals surface area contributed by atoms with E-state index in [9.17, 15) is 4.79 Å². The Balaban J connectivity index is 0.00000261. The van der Waals surface area contributed by atoms with Gasteiger partial charge in [-0.1, -0.05) is 6.07 Å². The lowest BCUT2D eigenvalue weighted by atomic mass is 10.1. The summed E-state index contributed by atoms with van der Waals surface area (Å²) in [6, 6.07) is 10.6. The van der Waals surface area contributed by atoms with Crippen molar-refractivity contribution in [3.63, 3.8) is 0 Å². The molecule has 2 aromatic rings. The van der Waals surface area contributed by atoms with Crippen molar-refractivity contribution in [1.29, 1.82) is 0 Å². The lowest BCUT2D eigenvalue weighted by Gasteiger charge is -2.31. The first-order chi connectivity index (χ1) is 12.7. The number of hydrogen-bond acceptors (Lipinski definition) is 4. The van der Waals surface area contributed by atoms with Crippen LogP contribution in [0.1, 0.15) is 47.6 Å². The third kappa shape index (κ3) is 6.91. The van der Waals surface area contributed by atoms with Gasteiger partial charge in [0.25, 0.3) is 0 Å². The van der Waals surface area contributed by atoms with Crippen LogP contribution in [0.15, 0.2) is 36.5 Å².